The van der Waals surface area contributed by atoms with E-state index in [1.807, 2.05) is 0 Å². The van der Waals surface area contributed by atoms with Crippen LogP contribution in [0.15, 0.2) is 11.1 Å². The van der Waals surface area contributed by atoms with Crippen molar-refractivity contribution < 1.29 is 24.1 Å². The van der Waals surface area contributed by atoms with Crippen molar-refractivity contribution in [3.05, 3.63) is 11.1 Å². The second-order valence-corrected chi connectivity index (χ2v) is 15.3. The molecule has 4 aliphatic heterocycles. The van der Waals surface area contributed by atoms with Crippen LogP contribution in [0.1, 0.15) is 99.8 Å². The normalized spacial score (nSPS) is 56.8. The molecule has 7 aliphatic rings. The summed E-state index contributed by atoms with van der Waals surface area (Å²) in [7, 11) is 1.76. The minimum Gasteiger partial charge on any atom is -0.387 e. The molecule has 0 amide bonds. The third-order valence-electron chi connectivity index (χ3n) is 13.4. The molecule has 3 aliphatic carbocycles. The maximum absolute atomic E-state index is 12.5. The highest BCUT2D eigenvalue weighted by atomic mass is 16.8. The Labute approximate surface area is 217 Å². The number of aliphatic hydroxyl groups excluding tert-OH is 1. The third-order valence-corrected chi connectivity index (χ3v) is 13.4. The van der Waals surface area contributed by atoms with Crippen molar-refractivity contribution in [2.24, 2.45) is 34.0 Å². The molecule has 11 atom stereocenters. The molecule has 0 aromatic rings. The molecule has 0 radical (unpaired) electrons. The zero-order valence-corrected chi connectivity index (χ0v) is 23.8. The average Bonchev–Trinajstić information content (AvgIpc) is 3.42. The second-order valence-electron chi connectivity index (χ2n) is 15.3. The van der Waals surface area contributed by atoms with E-state index in [4.69, 9.17) is 18.9 Å². The molecule has 5 fully saturated rings. The van der Waals surface area contributed by atoms with Gasteiger partial charge >= 0.3 is 0 Å². The lowest BCUT2D eigenvalue weighted by molar-refractivity contribution is -0.280. The predicted molar refractivity (Wildman–Crippen MR) is 137 cm³/mol. The number of ether oxygens (including phenoxy) is 4. The van der Waals surface area contributed by atoms with Crippen molar-refractivity contribution in [1.82, 2.24) is 0 Å². The molecule has 4 saturated heterocycles. The number of hydrogen-bond donors (Lipinski definition) is 1. The lowest BCUT2D eigenvalue weighted by Gasteiger charge is -2.52. The maximum Gasteiger partial charge on any atom is 0.199 e. The van der Waals surface area contributed by atoms with Gasteiger partial charge in [-0.2, -0.15) is 0 Å². The van der Waals surface area contributed by atoms with Gasteiger partial charge in [-0.15, -0.1) is 0 Å². The number of rotatable bonds is 2. The van der Waals surface area contributed by atoms with E-state index in [0.717, 1.165) is 38.5 Å². The quantitative estimate of drug-likeness (QED) is 0.487. The van der Waals surface area contributed by atoms with Gasteiger partial charge in [0.15, 0.2) is 5.79 Å². The van der Waals surface area contributed by atoms with Gasteiger partial charge in [0.1, 0.15) is 12.2 Å². The molecule has 1 N–H and O–H groups in total. The van der Waals surface area contributed by atoms with Crippen molar-refractivity contribution in [1.29, 1.82) is 0 Å². The lowest BCUT2D eigenvalue weighted by atomic mass is 9.52. The van der Waals surface area contributed by atoms with Crippen LogP contribution in [0.5, 0.6) is 0 Å². The van der Waals surface area contributed by atoms with Crippen LogP contribution >= 0.6 is 0 Å². The first-order valence-electron chi connectivity index (χ1n) is 14.7. The fourth-order valence-corrected chi connectivity index (χ4v) is 11.4. The summed E-state index contributed by atoms with van der Waals surface area (Å²) in [5, 5.41) is 12.5. The van der Waals surface area contributed by atoms with Gasteiger partial charge < -0.3 is 24.1 Å². The van der Waals surface area contributed by atoms with Crippen LogP contribution in [0.2, 0.25) is 0 Å². The first kappa shape index (κ1) is 24.6. The number of hydrogen-bond acceptors (Lipinski definition) is 5. The number of fused-ring (bicyclic) bond motifs is 5. The SMILES string of the molecule is COC(C)(C)[C@H]1O[C@@]23O[C@@H]1C[C@@H](C)[C@@H]2[C@@]1(C)CCC2=C(CC[C@@H]4C(C)(C)[C@@H]5CC[C@@]4(C2)O5)[C@]1(C)[C@H]3O. The minimum absolute atomic E-state index is 0.0102. The molecular formula is C31H48O5. The molecule has 5 heteroatoms. The Morgan fingerprint density at radius 3 is 2.47 bits per heavy atom. The summed E-state index contributed by atoms with van der Waals surface area (Å²) < 4.78 is 26.6. The minimum atomic E-state index is -0.955. The summed E-state index contributed by atoms with van der Waals surface area (Å²) >= 11 is 0. The van der Waals surface area contributed by atoms with Gasteiger partial charge in [0.25, 0.3) is 0 Å². The van der Waals surface area contributed by atoms with E-state index < -0.39 is 17.5 Å². The van der Waals surface area contributed by atoms with Gasteiger partial charge in [0.05, 0.1) is 23.4 Å². The molecular weight excluding hydrogens is 452 g/mol. The first-order valence-corrected chi connectivity index (χ1v) is 14.7. The topological polar surface area (TPSA) is 57.2 Å². The van der Waals surface area contributed by atoms with Crippen molar-refractivity contribution in [3.8, 4) is 0 Å². The molecule has 5 nitrogen and oxygen atoms in total. The smallest absolute Gasteiger partial charge is 0.199 e. The van der Waals surface area contributed by atoms with Crippen LogP contribution in [0.4, 0.5) is 0 Å². The molecule has 202 valence electrons. The zero-order valence-electron chi connectivity index (χ0n) is 23.8. The highest BCUT2D eigenvalue weighted by Crippen LogP contribution is 2.76. The monoisotopic (exact) mass is 500 g/mol. The number of aliphatic hydroxyl groups is 1. The Hall–Kier alpha value is -0.460. The zero-order chi connectivity index (χ0) is 25.7. The van der Waals surface area contributed by atoms with Crippen LogP contribution in [-0.2, 0) is 18.9 Å². The Kier molecular flexibility index (Phi) is 4.77. The van der Waals surface area contributed by atoms with Gasteiger partial charge in [-0.3, -0.25) is 0 Å². The van der Waals surface area contributed by atoms with E-state index in [2.05, 4.69) is 48.5 Å². The molecule has 4 heterocycles. The second kappa shape index (κ2) is 6.99. The molecule has 0 aromatic heterocycles. The Balaban J connectivity index is 1.33. The average molecular weight is 501 g/mol. The molecule has 36 heavy (non-hydrogen) atoms. The summed E-state index contributed by atoms with van der Waals surface area (Å²) in [5.41, 5.74) is 2.44. The van der Waals surface area contributed by atoms with E-state index in [-0.39, 0.29) is 40.0 Å². The van der Waals surface area contributed by atoms with E-state index in [1.165, 1.54) is 18.4 Å². The Bertz CT molecular complexity index is 1020. The van der Waals surface area contributed by atoms with E-state index >= 15 is 0 Å². The van der Waals surface area contributed by atoms with Crippen molar-refractivity contribution in [3.63, 3.8) is 0 Å². The van der Waals surface area contributed by atoms with Gasteiger partial charge in [0, 0.05) is 18.4 Å². The lowest BCUT2D eigenvalue weighted by Crippen LogP contribution is -2.52. The summed E-state index contributed by atoms with van der Waals surface area (Å²) in [6, 6.07) is 0. The standard InChI is InChI=1S/C31H48O5/c1-17-15-20-24(27(4,5)33-8)36-31(34-20)23(17)28(6)13-11-18-16-30-14-12-22(35-30)26(2,3)21(30)10-9-19(18)29(28,7)25(31)32/h17,20-25,32H,9-16H2,1-8H3/t17-,20-,21-,22+,23-,24+,25-,28-,29-,30+,31+/m1/s1. The fraction of sp³-hybridized carbons (Fsp3) is 0.935. The first-order chi connectivity index (χ1) is 16.8. The summed E-state index contributed by atoms with van der Waals surface area (Å²) in [4.78, 5) is 0. The van der Waals surface area contributed by atoms with Gasteiger partial charge in [-0.25, -0.2) is 0 Å². The molecule has 7 rings (SSSR count). The van der Waals surface area contributed by atoms with E-state index in [1.54, 1.807) is 12.7 Å². The maximum atomic E-state index is 12.5. The van der Waals surface area contributed by atoms with Gasteiger partial charge in [-0.1, -0.05) is 45.8 Å². The van der Waals surface area contributed by atoms with Crippen molar-refractivity contribution >= 4 is 0 Å². The highest BCUT2D eigenvalue weighted by Gasteiger charge is 2.80. The summed E-state index contributed by atoms with van der Waals surface area (Å²) in [6.07, 6.45) is 8.35. The van der Waals surface area contributed by atoms with Gasteiger partial charge in [-0.05, 0) is 87.9 Å². The Morgan fingerprint density at radius 1 is 1.00 bits per heavy atom. The van der Waals surface area contributed by atoms with E-state index in [0.29, 0.717) is 17.9 Å². The predicted octanol–water partition coefficient (Wildman–Crippen LogP) is 5.78. The molecule has 4 bridgehead atoms. The summed E-state index contributed by atoms with van der Waals surface area (Å²) in [6.45, 7) is 16.3. The molecule has 1 saturated carbocycles. The molecule has 2 spiro atoms. The summed E-state index contributed by atoms with van der Waals surface area (Å²) in [5.74, 6) is 0.227. The van der Waals surface area contributed by atoms with Crippen LogP contribution < -0.4 is 0 Å². The van der Waals surface area contributed by atoms with Crippen molar-refractivity contribution in [2.45, 2.75) is 141 Å². The fourth-order valence-electron chi connectivity index (χ4n) is 11.4. The van der Waals surface area contributed by atoms with Crippen molar-refractivity contribution in [2.75, 3.05) is 7.11 Å². The van der Waals surface area contributed by atoms with Crippen LogP contribution in [0, 0.1) is 34.0 Å². The van der Waals surface area contributed by atoms with Crippen LogP contribution in [-0.4, -0.2) is 53.6 Å². The van der Waals surface area contributed by atoms with Crippen LogP contribution in [0.25, 0.3) is 0 Å². The number of methoxy groups -OCH3 is 1. The molecule has 0 unspecified atom stereocenters. The largest absolute Gasteiger partial charge is 0.387 e. The Morgan fingerprint density at radius 2 is 1.75 bits per heavy atom. The van der Waals surface area contributed by atoms with E-state index in [9.17, 15) is 5.11 Å². The molecule has 0 aromatic carbocycles. The van der Waals surface area contributed by atoms with Gasteiger partial charge in [0.2, 0.25) is 0 Å². The van der Waals surface area contributed by atoms with Crippen LogP contribution in [0.3, 0.4) is 0 Å². The highest BCUT2D eigenvalue weighted by molar-refractivity contribution is 5.40. The third kappa shape index (κ3) is 2.53.